The van der Waals surface area contributed by atoms with Gasteiger partial charge in [-0.3, -0.25) is 9.89 Å². The minimum atomic E-state index is -4.55. The molecule has 0 spiro atoms. The van der Waals surface area contributed by atoms with Gasteiger partial charge in [-0.25, -0.2) is 0 Å². The maximum absolute atomic E-state index is 13.3. The summed E-state index contributed by atoms with van der Waals surface area (Å²) in [5.41, 5.74) is 1.05. The molecule has 5 nitrogen and oxygen atoms in total. The third kappa shape index (κ3) is 4.33. The lowest BCUT2D eigenvalue weighted by molar-refractivity contribution is -0.154. The topological polar surface area (TPSA) is 70.9 Å². The Hall–Kier alpha value is -3.03. The Bertz CT molecular complexity index is 842. The highest BCUT2D eigenvalue weighted by Crippen LogP contribution is 2.24. The van der Waals surface area contributed by atoms with Gasteiger partial charge in [0.2, 0.25) is 0 Å². The molecule has 1 atom stereocenters. The molecule has 26 heavy (non-hydrogen) atoms. The van der Waals surface area contributed by atoms with E-state index in [0.29, 0.717) is 11.5 Å². The average Bonchev–Trinajstić information content (AvgIpc) is 3.29. The van der Waals surface area contributed by atoms with E-state index in [2.05, 4.69) is 10.2 Å². The first-order chi connectivity index (χ1) is 12.4. The summed E-state index contributed by atoms with van der Waals surface area (Å²) in [5.74, 6) is -0.456. The van der Waals surface area contributed by atoms with Crippen LogP contribution < -0.4 is 5.32 Å². The normalized spacial score (nSPS) is 12.7. The Morgan fingerprint density at radius 1 is 1.19 bits per heavy atom. The minimum absolute atomic E-state index is 0.134. The maximum Gasteiger partial charge on any atom is 0.408 e. The molecule has 0 aliphatic heterocycles. The summed E-state index contributed by atoms with van der Waals surface area (Å²) in [5, 5.41) is 8.36. The van der Waals surface area contributed by atoms with Crippen LogP contribution in [-0.2, 0) is 6.42 Å². The van der Waals surface area contributed by atoms with Crippen LogP contribution in [0.4, 0.5) is 13.2 Å². The summed E-state index contributed by atoms with van der Waals surface area (Å²) in [7, 11) is 0. The van der Waals surface area contributed by atoms with E-state index in [1.54, 1.807) is 42.5 Å². The van der Waals surface area contributed by atoms with Crippen LogP contribution in [0.2, 0.25) is 0 Å². The highest BCUT2D eigenvalue weighted by Gasteiger charge is 2.40. The number of nitrogens with one attached hydrogen (secondary N) is 2. The van der Waals surface area contributed by atoms with Gasteiger partial charge in [-0.05, 0) is 30.5 Å². The second-order valence-corrected chi connectivity index (χ2v) is 5.74. The summed E-state index contributed by atoms with van der Waals surface area (Å²) in [6.07, 6.45) is -3.16. The third-order valence-corrected chi connectivity index (χ3v) is 3.86. The highest BCUT2D eigenvalue weighted by molar-refractivity contribution is 5.93. The van der Waals surface area contributed by atoms with Crippen molar-refractivity contribution in [2.75, 3.05) is 0 Å². The number of hydrogen-bond donors (Lipinski definition) is 2. The Morgan fingerprint density at radius 3 is 2.62 bits per heavy atom. The van der Waals surface area contributed by atoms with Gasteiger partial charge in [0.1, 0.15) is 11.7 Å². The number of furan rings is 1. The molecule has 2 heterocycles. The number of aromatic amines is 1. The van der Waals surface area contributed by atoms with Crippen molar-refractivity contribution in [3.8, 4) is 11.5 Å². The molecule has 0 aliphatic carbocycles. The van der Waals surface area contributed by atoms with E-state index in [1.807, 2.05) is 5.32 Å². The third-order valence-electron chi connectivity index (χ3n) is 3.86. The smallest absolute Gasteiger partial charge is 0.408 e. The monoisotopic (exact) mass is 363 g/mol. The molecular weight excluding hydrogens is 347 g/mol. The lowest BCUT2D eigenvalue weighted by Crippen LogP contribution is -2.45. The highest BCUT2D eigenvalue weighted by atomic mass is 19.4. The second kappa shape index (κ2) is 7.47. The fraction of sp³-hybridized carbons (Fsp3) is 0.222. The van der Waals surface area contributed by atoms with Crippen molar-refractivity contribution in [1.82, 2.24) is 15.5 Å². The first-order valence-corrected chi connectivity index (χ1v) is 7.94. The van der Waals surface area contributed by atoms with Crippen molar-refractivity contribution in [1.29, 1.82) is 0 Å². The van der Waals surface area contributed by atoms with Gasteiger partial charge in [0, 0.05) is 6.07 Å². The molecule has 0 aliphatic rings. The number of alkyl halides is 3. The molecule has 2 aromatic heterocycles. The SMILES string of the molecule is O=C(NC(CCc1ccccc1)C(F)(F)F)c1cc(-c2ccco2)[nH]n1. The van der Waals surface area contributed by atoms with Crippen molar-refractivity contribution in [2.45, 2.75) is 25.1 Å². The number of nitrogens with zero attached hydrogens (tertiary/aromatic N) is 1. The number of aryl methyl sites for hydroxylation is 1. The Morgan fingerprint density at radius 2 is 1.96 bits per heavy atom. The zero-order valence-corrected chi connectivity index (χ0v) is 13.6. The zero-order valence-electron chi connectivity index (χ0n) is 13.6. The van der Waals surface area contributed by atoms with Gasteiger partial charge in [-0.2, -0.15) is 18.3 Å². The van der Waals surface area contributed by atoms with E-state index >= 15 is 0 Å². The maximum atomic E-state index is 13.3. The molecular formula is C18H16F3N3O2. The van der Waals surface area contributed by atoms with Gasteiger partial charge in [0.15, 0.2) is 11.5 Å². The van der Waals surface area contributed by atoms with Gasteiger partial charge >= 0.3 is 6.18 Å². The van der Waals surface area contributed by atoms with Crippen LogP contribution in [-0.4, -0.2) is 28.3 Å². The first-order valence-electron chi connectivity index (χ1n) is 7.94. The Labute approximate surface area is 147 Å². The number of amides is 1. The average molecular weight is 363 g/mol. The minimum Gasteiger partial charge on any atom is -0.463 e. The van der Waals surface area contributed by atoms with Crippen LogP contribution in [0, 0.1) is 0 Å². The molecule has 1 amide bonds. The molecule has 0 fully saturated rings. The van der Waals surface area contributed by atoms with Crippen LogP contribution >= 0.6 is 0 Å². The second-order valence-electron chi connectivity index (χ2n) is 5.74. The molecule has 1 unspecified atom stereocenters. The van der Waals surface area contributed by atoms with Crippen LogP contribution in [0.1, 0.15) is 22.5 Å². The number of H-pyrrole nitrogens is 1. The fourth-order valence-corrected chi connectivity index (χ4v) is 2.50. The van der Waals surface area contributed by atoms with Gasteiger partial charge in [-0.1, -0.05) is 30.3 Å². The summed E-state index contributed by atoms with van der Waals surface area (Å²) in [4.78, 5) is 12.2. The quantitative estimate of drug-likeness (QED) is 0.696. The number of halogens is 3. The molecule has 136 valence electrons. The summed E-state index contributed by atoms with van der Waals surface area (Å²) >= 11 is 0. The number of carbonyl (C=O) groups is 1. The lowest BCUT2D eigenvalue weighted by atomic mass is 10.0. The molecule has 0 radical (unpaired) electrons. The lowest BCUT2D eigenvalue weighted by Gasteiger charge is -2.21. The molecule has 2 N–H and O–H groups in total. The van der Waals surface area contributed by atoms with Crippen LogP contribution in [0.3, 0.4) is 0 Å². The van der Waals surface area contributed by atoms with Crippen LogP contribution in [0.5, 0.6) is 0 Å². The van der Waals surface area contributed by atoms with Gasteiger partial charge in [0.05, 0.1) is 6.26 Å². The van der Waals surface area contributed by atoms with Crippen molar-refractivity contribution in [3.63, 3.8) is 0 Å². The predicted octanol–water partition coefficient (Wildman–Crippen LogP) is 3.96. The van der Waals surface area contributed by atoms with E-state index in [0.717, 1.165) is 5.56 Å². The van der Waals surface area contributed by atoms with E-state index in [4.69, 9.17) is 4.42 Å². The number of rotatable bonds is 6. The van der Waals surface area contributed by atoms with E-state index < -0.39 is 18.1 Å². The first kappa shape index (κ1) is 17.8. The largest absolute Gasteiger partial charge is 0.463 e. The molecule has 3 aromatic rings. The summed E-state index contributed by atoms with van der Waals surface area (Å²) < 4.78 is 45.0. The number of benzene rings is 1. The van der Waals surface area contributed by atoms with Crippen molar-refractivity contribution in [3.05, 3.63) is 66.1 Å². The molecule has 1 aromatic carbocycles. The number of hydrogen-bond acceptors (Lipinski definition) is 3. The summed E-state index contributed by atoms with van der Waals surface area (Å²) in [6.45, 7) is 0. The molecule has 8 heteroatoms. The van der Waals surface area contributed by atoms with E-state index in [-0.39, 0.29) is 18.5 Å². The van der Waals surface area contributed by atoms with Crippen LogP contribution in [0.15, 0.2) is 59.2 Å². The molecule has 3 rings (SSSR count). The van der Waals surface area contributed by atoms with Crippen molar-refractivity contribution in [2.24, 2.45) is 0 Å². The van der Waals surface area contributed by atoms with E-state index in [1.165, 1.54) is 12.3 Å². The van der Waals surface area contributed by atoms with Gasteiger partial charge in [0.25, 0.3) is 5.91 Å². The van der Waals surface area contributed by atoms with Crippen molar-refractivity contribution >= 4 is 5.91 Å². The summed E-state index contributed by atoms with van der Waals surface area (Å²) in [6, 6.07) is 11.5. The zero-order chi connectivity index (χ0) is 18.6. The Balaban J connectivity index is 1.67. The van der Waals surface area contributed by atoms with Gasteiger partial charge < -0.3 is 9.73 Å². The van der Waals surface area contributed by atoms with E-state index in [9.17, 15) is 18.0 Å². The molecule has 0 bridgehead atoms. The van der Waals surface area contributed by atoms with Crippen molar-refractivity contribution < 1.29 is 22.4 Å². The number of carbonyl (C=O) groups excluding carboxylic acids is 1. The Kier molecular flexibility index (Phi) is 5.11. The van der Waals surface area contributed by atoms with Gasteiger partial charge in [-0.15, -0.1) is 0 Å². The standard InChI is InChI=1S/C18H16F3N3O2/c19-18(20,21)16(9-8-12-5-2-1-3-6-12)22-17(25)14-11-13(23-24-14)15-7-4-10-26-15/h1-7,10-11,16H,8-9H2,(H,22,25)(H,23,24). The molecule has 0 saturated carbocycles. The molecule has 0 saturated heterocycles. The van der Waals surface area contributed by atoms with Crippen LogP contribution in [0.25, 0.3) is 11.5 Å². The number of aromatic nitrogens is 2. The fourth-order valence-electron chi connectivity index (χ4n) is 2.50. The predicted molar refractivity (Wildman–Crippen MR) is 88.4 cm³/mol.